The molecule has 2 aliphatic heterocycles. The Morgan fingerprint density at radius 2 is 1.62 bits per heavy atom. The molecule has 7 heteroatoms. The minimum absolute atomic E-state index is 0.00439. The summed E-state index contributed by atoms with van der Waals surface area (Å²) in [6, 6.07) is 18.4. The number of rotatable bonds is 9. The molecule has 0 spiro atoms. The van der Waals surface area contributed by atoms with Gasteiger partial charge in [0.05, 0.1) is 11.4 Å². The zero-order chi connectivity index (χ0) is 22.2. The Morgan fingerprint density at radius 1 is 0.906 bits per heavy atom. The lowest BCUT2D eigenvalue weighted by Gasteiger charge is -2.34. The van der Waals surface area contributed by atoms with Crippen LogP contribution in [0.5, 0.6) is 0 Å². The van der Waals surface area contributed by atoms with Crippen LogP contribution in [0.4, 0.5) is 5.69 Å². The highest BCUT2D eigenvalue weighted by atomic mass is 32.2. The third-order valence-electron chi connectivity index (χ3n) is 6.05. The molecule has 32 heavy (non-hydrogen) atoms. The Labute approximate surface area is 194 Å². The summed E-state index contributed by atoms with van der Waals surface area (Å²) >= 11 is 1.54. The fraction of sp³-hybridized carbons (Fsp3) is 0.440. The van der Waals surface area contributed by atoms with Gasteiger partial charge in [-0.3, -0.25) is 14.5 Å². The van der Waals surface area contributed by atoms with E-state index in [-0.39, 0.29) is 18.4 Å². The third kappa shape index (κ3) is 6.34. The summed E-state index contributed by atoms with van der Waals surface area (Å²) in [7, 11) is 0. The SMILES string of the molecule is O=C(CN1C(=O)CSc2ccccc21)NCCCCN1CCN(Cc2ccccc2)CC1. The van der Waals surface area contributed by atoms with Crippen LogP contribution in [0.25, 0.3) is 0 Å². The molecule has 2 aliphatic rings. The molecule has 2 aromatic rings. The van der Waals surface area contributed by atoms with E-state index >= 15 is 0 Å². The first-order valence-corrected chi connectivity index (χ1v) is 12.4. The van der Waals surface area contributed by atoms with Crippen molar-refractivity contribution in [3.8, 4) is 0 Å². The fourth-order valence-electron chi connectivity index (χ4n) is 4.23. The van der Waals surface area contributed by atoms with E-state index in [0.29, 0.717) is 12.3 Å². The second kappa shape index (κ2) is 11.5. The number of thioether (sulfide) groups is 1. The van der Waals surface area contributed by atoms with Crippen LogP contribution in [0.1, 0.15) is 18.4 Å². The Hall–Kier alpha value is -2.35. The number of amides is 2. The predicted octanol–water partition coefficient (Wildman–Crippen LogP) is 2.84. The zero-order valence-electron chi connectivity index (χ0n) is 18.5. The van der Waals surface area contributed by atoms with Gasteiger partial charge in [0, 0.05) is 44.2 Å². The maximum Gasteiger partial charge on any atom is 0.240 e. The van der Waals surface area contributed by atoms with Gasteiger partial charge in [0.1, 0.15) is 6.54 Å². The van der Waals surface area contributed by atoms with Gasteiger partial charge in [-0.2, -0.15) is 0 Å². The smallest absolute Gasteiger partial charge is 0.240 e. The highest BCUT2D eigenvalue weighted by molar-refractivity contribution is 8.00. The normalized spacial score (nSPS) is 17.2. The molecular weight excluding hydrogens is 420 g/mol. The number of fused-ring (bicyclic) bond motifs is 1. The summed E-state index contributed by atoms with van der Waals surface area (Å²) in [4.78, 5) is 32.4. The minimum Gasteiger partial charge on any atom is -0.355 e. The molecule has 1 N–H and O–H groups in total. The molecule has 0 radical (unpaired) electrons. The van der Waals surface area contributed by atoms with Crippen molar-refractivity contribution in [1.29, 1.82) is 0 Å². The van der Waals surface area contributed by atoms with Crippen molar-refractivity contribution in [3.63, 3.8) is 0 Å². The van der Waals surface area contributed by atoms with Crippen LogP contribution in [-0.4, -0.2) is 73.2 Å². The van der Waals surface area contributed by atoms with Gasteiger partial charge >= 0.3 is 0 Å². The first kappa shape index (κ1) is 22.8. The number of anilines is 1. The van der Waals surface area contributed by atoms with Crippen molar-refractivity contribution in [1.82, 2.24) is 15.1 Å². The van der Waals surface area contributed by atoms with Gasteiger partial charge in [0.2, 0.25) is 11.8 Å². The van der Waals surface area contributed by atoms with Gasteiger partial charge in [-0.1, -0.05) is 42.5 Å². The van der Waals surface area contributed by atoms with Crippen LogP contribution in [0, 0.1) is 0 Å². The van der Waals surface area contributed by atoms with Crippen LogP contribution >= 0.6 is 11.8 Å². The topological polar surface area (TPSA) is 55.9 Å². The molecular formula is C25H32N4O2S. The molecule has 0 unspecified atom stereocenters. The van der Waals surface area contributed by atoms with E-state index in [4.69, 9.17) is 0 Å². The zero-order valence-corrected chi connectivity index (χ0v) is 19.4. The second-order valence-electron chi connectivity index (χ2n) is 8.40. The molecule has 4 rings (SSSR count). The number of nitrogens with zero attached hydrogens (tertiary/aromatic N) is 3. The van der Waals surface area contributed by atoms with E-state index in [2.05, 4.69) is 45.4 Å². The van der Waals surface area contributed by atoms with Gasteiger partial charge in [-0.25, -0.2) is 0 Å². The molecule has 0 bridgehead atoms. The van der Waals surface area contributed by atoms with Crippen molar-refractivity contribution in [2.75, 3.05) is 56.5 Å². The van der Waals surface area contributed by atoms with Crippen molar-refractivity contribution in [2.24, 2.45) is 0 Å². The number of unbranched alkanes of at least 4 members (excludes halogenated alkanes) is 1. The van der Waals surface area contributed by atoms with E-state index in [0.717, 1.165) is 62.7 Å². The molecule has 2 aromatic carbocycles. The van der Waals surface area contributed by atoms with Gasteiger partial charge in [0.25, 0.3) is 0 Å². The van der Waals surface area contributed by atoms with Crippen LogP contribution in [0.15, 0.2) is 59.5 Å². The van der Waals surface area contributed by atoms with E-state index in [9.17, 15) is 9.59 Å². The van der Waals surface area contributed by atoms with Crippen molar-refractivity contribution < 1.29 is 9.59 Å². The molecule has 1 fully saturated rings. The average molecular weight is 453 g/mol. The standard InChI is InChI=1S/C25H32N4O2S/c30-24(19-29-22-10-4-5-11-23(22)32-20-25(29)31)26-12-6-7-13-27-14-16-28(17-15-27)18-21-8-2-1-3-9-21/h1-5,8-11H,6-7,12-20H2,(H,26,30). The largest absolute Gasteiger partial charge is 0.355 e. The summed E-state index contributed by atoms with van der Waals surface area (Å²) in [5.74, 6) is 0.299. The van der Waals surface area contributed by atoms with E-state index in [1.165, 1.54) is 17.3 Å². The number of nitrogens with one attached hydrogen (secondary N) is 1. The molecule has 0 aromatic heterocycles. The number of para-hydroxylation sites is 1. The summed E-state index contributed by atoms with van der Waals surface area (Å²) in [6.07, 6.45) is 2.03. The fourth-order valence-corrected chi connectivity index (χ4v) is 5.16. The lowest BCUT2D eigenvalue weighted by atomic mass is 10.2. The van der Waals surface area contributed by atoms with E-state index < -0.39 is 0 Å². The first-order chi connectivity index (χ1) is 15.7. The van der Waals surface area contributed by atoms with Gasteiger partial charge in [-0.15, -0.1) is 11.8 Å². The number of piperazine rings is 1. The highest BCUT2D eigenvalue weighted by Gasteiger charge is 2.26. The van der Waals surface area contributed by atoms with E-state index in [1.807, 2.05) is 24.3 Å². The van der Waals surface area contributed by atoms with Crippen LogP contribution in [0.3, 0.4) is 0 Å². The van der Waals surface area contributed by atoms with Crippen LogP contribution in [-0.2, 0) is 16.1 Å². The lowest BCUT2D eigenvalue weighted by molar-refractivity contribution is -0.123. The average Bonchev–Trinajstić information content (AvgIpc) is 2.82. The summed E-state index contributed by atoms with van der Waals surface area (Å²) in [5, 5.41) is 2.99. The second-order valence-corrected chi connectivity index (χ2v) is 9.41. The number of hydrogen-bond donors (Lipinski definition) is 1. The van der Waals surface area contributed by atoms with Crippen molar-refractivity contribution in [2.45, 2.75) is 24.3 Å². The predicted molar refractivity (Wildman–Crippen MR) is 130 cm³/mol. The Bertz CT molecular complexity index is 900. The molecule has 6 nitrogen and oxygen atoms in total. The Kier molecular flexibility index (Phi) is 8.20. The summed E-state index contributed by atoms with van der Waals surface area (Å²) in [6.45, 7) is 7.28. The van der Waals surface area contributed by atoms with Gasteiger partial charge in [0.15, 0.2) is 0 Å². The maximum absolute atomic E-state index is 12.4. The number of carbonyl (C=O) groups is 2. The third-order valence-corrected chi connectivity index (χ3v) is 7.09. The molecule has 2 amide bonds. The lowest BCUT2D eigenvalue weighted by Crippen LogP contribution is -2.46. The molecule has 0 aliphatic carbocycles. The molecule has 1 saturated heterocycles. The summed E-state index contributed by atoms with van der Waals surface area (Å²) in [5.41, 5.74) is 2.22. The summed E-state index contributed by atoms with van der Waals surface area (Å²) < 4.78 is 0. The molecule has 170 valence electrons. The number of benzene rings is 2. The van der Waals surface area contributed by atoms with E-state index in [1.54, 1.807) is 4.90 Å². The highest BCUT2D eigenvalue weighted by Crippen LogP contribution is 2.34. The van der Waals surface area contributed by atoms with Gasteiger partial charge in [-0.05, 0) is 37.1 Å². The monoisotopic (exact) mass is 452 g/mol. The maximum atomic E-state index is 12.4. The van der Waals surface area contributed by atoms with Crippen LogP contribution < -0.4 is 10.2 Å². The quantitative estimate of drug-likeness (QED) is 0.593. The van der Waals surface area contributed by atoms with Crippen molar-refractivity contribution in [3.05, 3.63) is 60.2 Å². The molecule has 0 saturated carbocycles. The minimum atomic E-state index is -0.0884. The number of hydrogen-bond acceptors (Lipinski definition) is 5. The van der Waals surface area contributed by atoms with Crippen molar-refractivity contribution >= 4 is 29.3 Å². The number of carbonyl (C=O) groups excluding carboxylic acids is 2. The Balaban J connectivity index is 1.10. The Morgan fingerprint density at radius 3 is 2.44 bits per heavy atom. The molecule has 0 atom stereocenters. The van der Waals surface area contributed by atoms with Gasteiger partial charge < -0.3 is 15.1 Å². The molecule has 2 heterocycles. The first-order valence-electron chi connectivity index (χ1n) is 11.5. The van der Waals surface area contributed by atoms with Crippen LogP contribution in [0.2, 0.25) is 0 Å².